The lowest BCUT2D eigenvalue weighted by molar-refractivity contribution is -0.114. The first-order valence-corrected chi connectivity index (χ1v) is 7.81. The van der Waals surface area contributed by atoms with Crippen LogP contribution in [0.3, 0.4) is 0 Å². The highest BCUT2D eigenvalue weighted by molar-refractivity contribution is 8.18. The molecule has 0 radical (unpaired) electrons. The van der Waals surface area contributed by atoms with Crippen molar-refractivity contribution in [1.29, 1.82) is 0 Å². The van der Waals surface area contributed by atoms with Crippen LogP contribution < -0.4 is 4.74 Å². The molecule has 21 heavy (non-hydrogen) atoms. The van der Waals surface area contributed by atoms with E-state index in [0.717, 1.165) is 9.79 Å². The molecule has 1 aliphatic rings. The summed E-state index contributed by atoms with van der Waals surface area (Å²) in [6, 6.07) is 15.1. The summed E-state index contributed by atoms with van der Waals surface area (Å²) >= 11 is 0. The average molecular weight is 298 g/mol. The standard InChI is InChI=1S/C17H14O3S/c1-11(18)17(12(2)19)21-15-9-5-3-7-13(15)20-14-8-4-6-10-16(14)21/h3-10H,1-2H3. The number of ketones is 2. The third-order valence-corrected chi connectivity index (χ3v) is 5.74. The van der Waals surface area contributed by atoms with E-state index in [4.69, 9.17) is 4.74 Å². The Labute approximate surface area is 125 Å². The van der Waals surface area contributed by atoms with Gasteiger partial charge in [-0.3, -0.25) is 9.59 Å². The summed E-state index contributed by atoms with van der Waals surface area (Å²) in [5.74, 6) is 1.05. The van der Waals surface area contributed by atoms with Crippen LogP contribution in [0, 0.1) is 0 Å². The Morgan fingerprint density at radius 1 is 0.810 bits per heavy atom. The Kier molecular flexibility index (Phi) is 3.47. The molecule has 0 atom stereocenters. The third kappa shape index (κ3) is 2.32. The van der Waals surface area contributed by atoms with Crippen LogP contribution in [-0.2, 0) is 9.59 Å². The number of para-hydroxylation sites is 2. The van der Waals surface area contributed by atoms with Gasteiger partial charge in [-0.25, -0.2) is 0 Å². The van der Waals surface area contributed by atoms with Crippen LogP contribution in [0.4, 0.5) is 0 Å². The lowest BCUT2D eigenvalue weighted by atomic mass is 10.2. The minimum atomic E-state index is -0.700. The molecular weight excluding hydrogens is 284 g/mol. The number of Topliss-reactive ketones (excluding diaryl/α,β-unsaturated/α-hetero) is 2. The molecule has 1 heterocycles. The van der Waals surface area contributed by atoms with E-state index in [1.807, 2.05) is 48.5 Å². The SMILES string of the molecule is CC(=O)C(C(C)=O)=S1c2ccccc2Oc2ccccc21. The highest BCUT2D eigenvalue weighted by Crippen LogP contribution is 2.52. The maximum absolute atomic E-state index is 12.0. The molecule has 2 aromatic carbocycles. The van der Waals surface area contributed by atoms with Gasteiger partial charge in [0.1, 0.15) is 11.5 Å². The monoisotopic (exact) mass is 298 g/mol. The maximum atomic E-state index is 12.0. The second-order valence-corrected chi connectivity index (χ2v) is 6.64. The number of carbonyl (C=O) groups is 2. The summed E-state index contributed by atoms with van der Waals surface area (Å²) in [5, 5.41) is 0. The number of carbonyl (C=O) groups excluding carboxylic acids is 2. The number of hydrogen-bond donors (Lipinski definition) is 0. The van der Waals surface area contributed by atoms with Crippen molar-refractivity contribution in [3.63, 3.8) is 0 Å². The van der Waals surface area contributed by atoms with Gasteiger partial charge in [-0.05, 0) is 38.1 Å². The molecule has 0 fully saturated rings. The van der Waals surface area contributed by atoms with Gasteiger partial charge in [-0.1, -0.05) is 24.3 Å². The van der Waals surface area contributed by atoms with Gasteiger partial charge in [-0.15, -0.1) is 10.5 Å². The summed E-state index contributed by atoms with van der Waals surface area (Å²) in [6.07, 6.45) is 0. The number of fused-ring (bicyclic) bond motifs is 2. The molecule has 0 bridgehead atoms. The van der Waals surface area contributed by atoms with Gasteiger partial charge >= 0.3 is 0 Å². The summed E-state index contributed by atoms with van der Waals surface area (Å²) in [6.45, 7) is 2.90. The molecular formula is C17H14O3S. The normalized spacial score (nSPS) is 12.9. The van der Waals surface area contributed by atoms with Gasteiger partial charge in [0.05, 0.1) is 4.86 Å². The Bertz CT molecular complexity index is 727. The van der Waals surface area contributed by atoms with Crippen LogP contribution in [0.25, 0.3) is 0 Å². The molecule has 0 aliphatic carbocycles. The zero-order valence-electron chi connectivity index (χ0n) is 11.8. The Morgan fingerprint density at radius 3 is 1.67 bits per heavy atom. The fourth-order valence-electron chi connectivity index (χ4n) is 2.40. The van der Waals surface area contributed by atoms with Crippen molar-refractivity contribution in [2.45, 2.75) is 23.6 Å². The molecule has 4 heteroatoms. The lowest BCUT2D eigenvalue weighted by Crippen LogP contribution is -2.20. The van der Waals surface area contributed by atoms with E-state index in [2.05, 4.69) is 0 Å². The summed E-state index contributed by atoms with van der Waals surface area (Å²) in [4.78, 5) is 26.1. The summed E-state index contributed by atoms with van der Waals surface area (Å²) in [5.41, 5.74) is 0. The van der Waals surface area contributed by atoms with Crippen molar-refractivity contribution in [2.75, 3.05) is 0 Å². The molecule has 0 aromatic heterocycles. The molecule has 1 aliphatic heterocycles. The van der Waals surface area contributed by atoms with E-state index in [1.165, 1.54) is 13.8 Å². The molecule has 3 rings (SSSR count). The van der Waals surface area contributed by atoms with Gasteiger partial charge in [-0.2, -0.15) is 0 Å². The Morgan fingerprint density at radius 2 is 1.24 bits per heavy atom. The average Bonchev–Trinajstić information content (AvgIpc) is 2.46. The van der Waals surface area contributed by atoms with Crippen LogP contribution in [0.15, 0.2) is 58.3 Å². The minimum absolute atomic E-state index is 0.183. The predicted octanol–water partition coefficient (Wildman–Crippen LogP) is 3.83. The van der Waals surface area contributed by atoms with Crippen molar-refractivity contribution in [2.24, 2.45) is 0 Å². The van der Waals surface area contributed by atoms with Crippen LogP contribution in [0.2, 0.25) is 0 Å². The fraction of sp³-hybridized carbons (Fsp3) is 0.118. The van der Waals surface area contributed by atoms with E-state index in [9.17, 15) is 9.59 Å². The largest absolute Gasteiger partial charge is 0.455 e. The van der Waals surface area contributed by atoms with Gasteiger partial charge in [0.2, 0.25) is 0 Å². The number of rotatable bonds is 2. The van der Waals surface area contributed by atoms with Gasteiger partial charge in [0.25, 0.3) is 0 Å². The molecule has 106 valence electrons. The van der Waals surface area contributed by atoms with Crippen LogP contribution in [0.5, 0.6) is 11.5 Å². The van der Waals surface area contributed by atoms with Crippen LogP contribution in [0.1, 0.15) is 13.8 Å². The maximum Gasteiger partial charge on any atom is 0.169 e. The Hall–Kier alpha value is -2.20. The summed E-state index contributed by atoms with van der Waals surface area (Å²) in [7, 11) is -0.700. The van der Waals surface area contributed by atoms with Crippen LogP contribution >= 0.6 is 10.5 Å². The van der Waals surface area contributed by atoms with E-state index >= 15 is 0 Å². The first-order chi connectivity index (χ1) is 10.1. The zero-order valence-corrected chi connectivity index (χ0v) is 12.6. The topological polar surface area (TPSA) is 43.4 Å². The molecule has 0 saturated heterocycles. The number of benzene rings is 2. The smallest absolute Gasteiger partial charge is 0.169 e. The lowest BCUT2D eigenvalue weighted by Gasteiger charge is -2.25. The van der Waals surface area contributed by atoms with E-state index in [1.54, 1.807) is 0 Å². The zero-order chi connectivity index (χ0) is 15.0. The first-order valence-electron chi connectivity index (χ1n) is 6.58. The van der Waals surface area contributed by atoms with E-state index < -0.39 is 10.5 Å². The molecule has 0 saturated carbocycles. The van der Waals surface area contributed by atoms with Crippen molar-refractivity contribution in [1.82, 2.24) is 0 Å². The van der Waals surface area contributed by atoms with Crippen molar-refractivity contribution in [3.05, 3.63) is 48.5 Å². The molecule has 0 N–H and O–H groups in total. The molecule has 0 spiro atoms. The Balaban J connectivity index is 2.41. The predicted molar refractivity (Wildman–Crippen MR) is 83.5 cm³/mol. The van der Waals surface area contributed by atoms with Gasteiger partial charge in [0, 0.05) is 9.79 Å². The molecule has 3 nitrogen and oxygen atoms in total. The molecule has 0 amide bonds. The summed E-state index contributed by atoms with van der Waals surface area (Å²) < 4.78 is 5.89. The highest BCUT2D eigenvalue weighted by Gasteiger charge is 2.26. The third-order valence-electron chi connectivity index (χ3n) is 3.20. The van der Waals surface area contributed by atoms with Crippen LogP contribution in [-0.4, -0.2) is 16.4 Å². The quantitative estimate of drug-likeness (QED) is 0.533. The van der Waals surface area contributed by atoms with Crippen molar-refractivity contribution >= 4 is 26.9 Å². The van der Waals surface area contributed by atoms with Crippen molar-refractivity contribution in [3.8, 4) is 11.5 Å². The second-order valence-electron chi connectivity index (χ2n) is 4.74. The minimum Gasteiger partial charge on any atom is -0.455 e. The highest BCUT2D eigenvalue weighted by atomic mass is 32.2. The van der Waals surface area contributed by atoms with E-state index in [0.29, 0.717) is 16.4 Å². The van der Waals surface area contributed by atoms with Crippen molar-refractivity contribution < 1.29 is 14.3 Å². The number of hydrogen-bond acceptors (Lipinski definition) is 3. The molecule has 2 aromatic rings. The molecule has 0 unspecified atom stereocenters. The first kappa shape index (κ1) is 13.8. The second kappa shape index (κ2) is 5.30. The van der Waals surface area contributed by atoms with Gasteiger partial charge in [0.15, 0.2) is 11.6 Å². The van der Waals surface area contributed by atoms with Gasteiger partial charge < -0.3 is 4.74 Å². The fourth-order valence-corrected chi connectivity index (χ4v) is 4.70. The number of ether oxygens (including phenoxy) is 1. The van der Waals surface area contributed by atoms with E-state index in [-0.39, 0.29) is 11.6 Å².